The van der Waals surface area contributed by atoms with Crippen LogP contribution in [0.25, 0.3) is 0 Å². The van der Waals surface area contributed by atoms with Gasteiger partial charge in [0, 0.05) is 57.9 Å². The number of carbonyl (C=O) groups excluding carboxylic acids is 1. The first-order valence-electron chi connectivity index (χ1n) is 10.1. The molecule has 1 aliphatic heterocycles. The number of anilines is 1. The number of methoxy groups -OCH3 is 1. The number of hydrogen-bond donors (Lipinski definition) is 2. The van der Waals surface area contributed by atoms with Gasteiger partial charge in [-0.3, -0.25) is 9.79 Å². The Balaban J connectivity index is 1.44. The summed E-state index contributed by atoms with van der Waals surface area (Å²) in [5, 5.41) is 6.08. The highest BCUT2D eigenvalue weighted by Gasteiger charge is 2.22. The zero-order chi connectivity index (χ0) is 22.2. The Morgan fingerprint density at radius 2 is 1.81 bits per heavy atom. The summed E-state index contributed by atoms with van der Waals surface area (Å²) in [5.41, 5.74) is 0.812. The lowest BCUT2D eigenvalue weighted by Gasteiger charge is -2.37. The number of carbonyl (C=O) groups is 1. The molecule has 1 heterocycles. The molecule has 7 nitrogen and oxygen atoms in total. The van der Waals surface area contributed by atoms with Crippen LogP contribution in [0.5, 0.6) is 5.75 Å². The topological polar surface area (TPSA) is 69.2 Å². The van der Waals surface area contributed by atoms with Crippen molar-refractivity contribution >= 4 is 17.6 Å². The van der Waals surface area contributed by atoms with E-state index in [1.54, 1.807) is 38.4 Å². The summed E-state index contributed by atoms with van der Waals surface area (Å²) in [6.45, 7) is 3.25. The molecule has 2 aromatic rings. The number of nitrogens with zero attached hydrogens (tertiary/aromatic N) is 3. The fraction of sp³-hybridized carbons (Fsp3) is 0.364. The number of ether oxygens (including phenoxy) is 1. The van der Waals surface area contributed by atoms with Crippen molar-refractivity contribution in [3.05, 3.63) is 59.7 Å². The molecule has 1 amide bonds. The second-order valence-corrected chi connectivity index (χ2v) is 7.03. The van der Waals surface area contributed by atoms with Gasteiger partial charge in [-0.15, -0.1) is 0 Å². The summed E-state index contributed by atoms with van der Waals surface area (Å²) in [6, 6.07) is 10.5. The van der Waals surface area contributed by atoms with E-state index in [0.717, 1.165) is 12.1 Å². The Morgan fingerprint density at radius 3 is 2.52 bits per heavy atom. The summed E-state index contributed by atoms with van der Waals surface area (Å²) < 4.78 is 32.6. The lowest BCUT2D eigenvalue weighted by Crippen LogP contribution is -2.53. The highest BCUT2D eigenvalue weighted by atomic mass is 19.1. The van der Waals surface area contributed by atoms with E-state index in [2.05, 4.69) is 20.5 Å². The molecule has 2 aromatic carbocycles. The summed E-state index contributed by atoms with van der Waals surface area (Å²) in [4.78, 5) is 20.4. The molecule has 0 unspecified atom stereocenters. The highest BCUT2D eigenvalue weighted by Crippen LogP contribution is 2.22. The molecule has 3 rings (SSSR count). The first-order valence-corrected chi connectivity index (χ1v) is 10.1. The van der Waals surface area contributed by atoms with Gasteiger partial charge in [-0.1, -0.05) is 6.07 Å². The molecule has 0 aliphatic carbocycles. The van der Waals surface area contributed by atoms with E-state index in [4.69, 9.17) is 4.74 Å². The lowest BCUT2D eigenvalue weighted by molar-refractivity contribution is 0.0954. The number of guanidine groups is 1. The minimum Gasteiger partial charge on any atom is -0.497 e. The van der Waals surface area contributed by atoms with Crippen molar-refractivity contribution in [1.29, 1.82) is 0 Å². The number of halogens is 2. The fourth-order valence-corrected chi connectivity index (χ4v) is 3.44. The third kappa shape index (κ3) is 5.84. The second kappa shape index (κ2) is 10.6. The van der Waals surface area contributed by atoms with Crippen LogP contribution in [0.15, 0.2) is 47.5 Å². The maximum absolute atomic E-state index is 14.0. The average Bonchev–Trinajstić information content (AvgIpc) is 2.81. The number of hydrogen-bond acceptors (Lipinski definition) is 4. The molecule has 31 heavy (non-hydrogen) atoms. The van der Waals surface area contributed by atoms with Crippen LogP contribution in [0.1, 0.15) is 10.4 Å². The van der Waals surface area contributed by atoms with Gasteiger partial charge in [0.25, 0.3) is 5.91 Å². The average molecular weight is 431 g/mol. The molecule has 0 aromatic heterocycles. The third-order valence-corrected chi connectivity index (χ3v) is 5.07. The van der Waals surface area contributed by atoms with Crippen LogP contribution in [0, 0.1) is 11.6 Å². The number of aliphatic imine (C=N–C) groups is 1. The Morgan fingerprint density at radius 1 is 1.06 bits per heavy atom. The predicted octanol–water partition coefficient (Wildman–Crippen LogP) is 2.10. The number of amides is 1. The largest absolute Gasteiger partial charge is 0.497 e. The van der Waals surface area contributed by atoms with E-state index in [-0.39, 0.29) is 11.6 Å². The van der Waals surface area contributed by atoms with Crippen molar-refractivity contribution in [2.75, 3.05) is 58.3 Å². The first-order chi connectivity index (χ1) is 15.0. The smallest absolute Gasteiger partial charge is 0.251 e. The minimum absolute atomic E-state index is 0.179. The van der Waals surface area contributed by atoms with E-state index < -0.39 is 11.6 Å². The van der Waals surface area contributed by atoms with E-state index >= 15 is 0 Å². The molecule has 166 valence electrons. The van der Waals surface area contributed by atoms with Crippen molar-refractivity contribution in [2.24, 2.45) is 4.99 Å². The second-order valence-electron chi connectivity index (χ2n) is 7.03. The molecular formula is C22H27F2N5O2. The Bertz CT molecular complexity index is 930. The maximum Gasteiger partial charge on any atom is 0.251 e. The van der Waals surface area contributed by atoms with Gasteiger partial charge in [0.15, 0.2) is 5.96 Å². The molecule has 0 radical (unpaired) electrons. The van der Waals surface area contributed by atoms with Crippen molar-refractivity contribution in [3.8, 4) is 5.75 Å². The Kier molecular flexibility index (Phi) is 7.64. The molecule has 0 bridgehead atoms. The SMILES string of the molecule is CN=C(NCCNC(=O)c1cccc(OC)c1)N1CCN(c2cc(F)ccc2F)CC1. The maximum atomic E-state index is 14.0. The van der Waals surface area contributed by atoms with Gasteiger partial charge >= 0.3 is 0 Å². The monoisotopic (exact) mass is 431 g/mol. The number of benzene rings is 2. The third-order valence-electron chi connectivity index (χ3n) is 5.07. The normalized spacial score (nSPS) is 14.4. The van der Waals surface area contributed by atoms with Crippen LogP contribution in [-0.4, -0.2) is 70.2 Å². The fourth-order valence-electron chi connectivity index (χ4n) is 3.44. The van der Waals surface area contributed by atoms with Crippen LogP contribution >= 0.6 is 0 Å². The summed E-state index contributed by atoms with van der Waals surface area (Å²) in [5.74, 6) is 0.274. The van der Waals surface area contributed by atoms with Crippen molar-refractivity contribution in [2.45, 2.75) is 0 Å². The molecule has 1 aliphatic rings. The van der Waals surface area contributed by atoms with E-state index in [0.29, 0.717) is 56.5 Å². The molecule has 0 atom stereocenters. The molecule has 2 N–H and O–H groups in total. The summed E-state index contributed by atoms with van der Waals surface area (Å²) in [6.07, 6.45) is 0. The van der Waals surface area contributed by atoms with Gasteiger partial charge in [-0.05, 0) is 30.3 Å². The molecule has 1 saturated heterocycles. The van der Waals surface area contributed by atoms with Crippen LogP contribution in [0.4, 0.5) is 14.5 Å². The van der Waals surface area contributed by atoms with Gasteiger partial charge in [0.1, 0.15) is 17.4 Å². The number of rotatable bonds is 6. The van der Waals surface area contributed by atoms with E-state index in [9.17, 15) is 13.6 Å². The quantitative estimate of drug-likeness (QED) is 0.417. The highest BCUT2D eigenvalue weighted by molar-refractivity contribution is 5.94. The van der Waals surface area contributed by atoms with Gasteiger partial charge < -0.3 is 25.2 Å². The predicted molar refractivity (Wildman–Crippen MR) is 117 cm³/mol. The molecule has 0 spiro atoms. The molecular weight excluding hydrogens is 404 g/mol. The molecule has 1 fully saturated rings. The minimum atomic E-state index is -0.452. The van der Waals surface area contributed by atoms with Crippen LogP contribution in [0.3, 0.4) is 0 Å². The van der Waals surface area contributed by atoms with Gasteiger partial charge in [-0.2, -0.15) is 0 Å². The van der Waals surface area contributed by atoms with Gasteiger partial charge in [-0.25, -0.2) is 8.78 Å². The van der Waals surface area contributed by atoms with Crippen LogP contribution in [0.2, 0.25) is 0 Å². The van der Waals surface area contributed by atoms with Gasteiger partial charge in [0.2, 0.25) is 0 Å². The van der Waals surface area contributed by atoms with Crippen molar-refractivity contribution in [3.63, 3.8) is 0 Å². The molecule has 9 heteroatoms. The van der Waals surface area contributed by atoms with Crippen molar-refractivity contribution in [1.82, 2.24) is 15.5 Å². The zero-order valence-corrected chi connectivity index (χ0v) is 17.7. The molecule has 0 saturated carbocycles. The van der Waals surface area contributed by atoms with Gasteiger partial charge in [0.05, 0.1) is 12.8 Å². The van der Waals surface area contributed by atoms with Crippen LogP contribution in [-0.2, 0) is 0 Å². The van der Waals surface area contributed by atoms with E-state index in [1.807, 2.05) is 4.90 Å². The summed E-state index contributed by atoms with van der Waals surface area (Å²) >= 11 is 0. The number of nitrogens with one attached hydrogen (secondary N) is 2. The Hall–Kier alpha value is -3.36. The zero-order valence-electron chi connectivity index (χ0n) is 17.7. The van der Waals surface area contributed by atoms with Crippen LogP contribution < -0.4 is 20.3 Å². The lowest BCUT2D eigenvalue weighted by atomic mass is 10.2. The number of piperazine rings is 1. The van der Waals surface area contributed by atoms with E-state index in [1.165, 1.54) is 6.07 Å². The summed E-state index contributed by atoms with van der Waals surface area (Å²) in [7, 11) is 3.25. The standard InChI is InChI=1S/C22H27F2N5O2/c1-25-22(27-9-8-26-21(30)16-4-3-5-18(14-16)31-2)29-12-10-28(11-13-29)20-15-17(23)6-7-19(20)24/h3-7,14-15H,8-13H2,1-2H3,(H,25,27)(H,26,30). The Labute approximate surface area is 180 Å². The van der Waals surface area contributed by atoms with Crippen molar-refractivity contribution < 1.29 is 18.3 Å². The first kappa shape index (κ1) is 22.3.